The summed E-state index contributed by atoms with van der Waals surface area (Å²) in [6.07, 6.45) is 0.148. The molecule has 0 fully saturated rings. The van der Waals surface area contributed by atoms with Gasteiger partial charge in [-0.05, 0) is 32.9 Å². The molecule has 2 heterocycles. The molecule has 0 radical (unpaired) electrons. The number of ketones is 1. The lowest BCUT2D eigenvalue weighted by Crippen LogP contribution is -2.06. The first-order valence-corrected chi connectivity index (χ1v) is 6.50. The van der Waals surface area contributed by atoms with E-state index in [4.69, 9.17) is 8.83 Å². The Kier molecular flexibility index (Phi) is 2.93. The molecule has 0 saturated carbocycles. The summed E-state index contributed by atoms with van der Waals surface area (Å²) >= 11 is 0. The Morgan fingerprint density at radius 3 is 2.50 bits per heavy atom. The second kappa shape index (κ2) is 4.63. The van der Waals surface area contributed by atoms with Gasteiger partial charge in [0.2, 0.25) is 5.89 Å². The summed E-state index contributed by atoms with van der Waals surface area (Å²) < 4.78 is 11.1. The molecule has 0 saturated heterocycles. The van der Waals surface area contributed by atoms with Gasteiger partial charge in [0.1, 0.15) is 17.0 Å². The normalized spacial score (nSPS) is 11.2. The number of fused-ring (bicyclic) bond motifs is 1. The van der Waals surface area contributed by atoms with Crippen LogP contribution >= 0.6 is 0 Å². The van der Waals surface area contributed by atoms with Crippen molar-refractivity contribution in [3.05, 3.63) is 52.8 Å². The number of furan rings is 1. The fraction of sp³-hybridized carbons (Fsp3) is 0.250. The predicted molar refractivity (Wildman–Crippen MR) is 75.0 cm³/mol. The Morgan fingerprint density at radius 2 is 1.85 bits per heavy atom. The van der Waals surface area contributed by atoms with E-state index in [-0.39, 0.29) is 12.2 Å². The van der Waals surface area contributed by atoms with Crippen molar-refractivity contribution in [2.45, 2.75) is 27.2 Å². The number of para-hydroxylation sites is 2. The van der Waals surface area contributed by atoms with Crippen molar-refractivity contribution in [2.24, 2.45) is 0 Å². The van der Waals surface area contributed by atoms with Crippen molar-refractivity contribution < 1.29 is 13.6 Å². The van der Waals surface area contributed by atoms with Crippen LogP contribution in [0.2, 0.25) is 0 Å². The lowest BCUT2D eigenvalue weighted by Gasteiger charge is -1.97. The third-order valence-electron chi connectivity index (χ3n) is 3.49. The average molecular weight is 269 g/mol. The van der Waals surface area contributed by atoms with Crippen LogP contribution in [-0.2, 0) is 6.42 Å². The maximum Gasteiger partial charge on any atom is 0.203 e. The van der Waals surface area contributed by atoms with Crippen molar-refractivity contribution in [1.82, 2.24) is 4.98 Å². The smallest absolute Gasteiger partial charge is 0.203 e. The number of carbonyl (C=O) groups excluding carboxylic acids is 1. The van der Waals surface area contributed by atoms with E-state index in [1.54, 1.807) is 6.92 Å². The highest BCUT2D eigenvalue weighted by Gasteiger charge is 2.20. The van der Waals surface area contributed by atoms with Crippen molar-refractivity contribution in [2.75, 3.05) is 0 Å². The van der Waals surface area contributed by atoms with E-state index >= 15 is 0 Å². The van der Waals surface area contributed by atoms with E-state index in [9.17, 15) is 4.79 Å². The molecule has 3 rings (SSSR count). The van der Waals surface area contributed by atoms with E-state index in [2.05, 4.69) is 4.98 Å². The Labute approximate surface area is 116 Å². The number of rotatable bonds is 3. The molecule has 4 nitrogen and oxygen atoms in total. The number of nitrogens with zero attached hydrogens (tertiary/aromatic N) is 1. The van der Waals surface area contributed by atoms with Crippen molar-refractivity contribution in [3.63, 3.8) is 0 Å². The van der Waals surface area contributed by atoms with Crippen LogP contribution < -0.4 is 0 Å². The number of Topliss-reactive ketones (excluding diaryl/α,β-unsaturated/α-hetero) is 1. The molecule has 1 aromatic carbocycles. The molecule has 0 aliphatic carbocycles. The molecule has 4 heteroatoms. The predicted octanol–water partition coefficient (Wildman–Crippen LogP) is 3.77. The van der Waals surface area contributed by atoms with E-state index in [0.717, 1.165) is 16.8 Å². The molecule has 0 atom stereocenters. The molecule has 0 aliphatic rings. The van der Waals surface area contributed by atoms with E-state index in [1.165, 1.54) is 0 Å². The summed E-state index contributed by atoms with van der Waals surface area (Å²) in [5.74, 6) is 1.85. The highest BCUT2D eigenvalue weighted by molar-refractivity contribution is 5.99. The molecule has 102 valence electrons. The van der Waals surface area contributed by atoms with Gasteiger partial charge in [-0.1, -0.05) is 12.1 Å². The van der Waals surface area contributed by atoms with Gasteiger partial charge in [0, 0.05) is 5.56 Å². The van der Waals surface area contributed by atoms with Gasteiger partial charge in [0.25, 0.3) is 0 Å². The van der Waals surface area contributed by atoms with Crippen LogP contribution in [0.15, 0.2) is 33.1 Å². The standard InChI is InChI=1S/C16H15NO3/c1-9-10(2)19-11(3)16(9)13(18)8-15-17-12-6-4-5-7-14(12)20-15/h4-7H,8H2,1-3H3. The van der Waals surface area contributed by atoms with Gasteiger partial charge in [0.15, 0.2) is 11.4 Å². The number of oxazole rings is 1. The first kappa shape index (κ1) is 12.7. The average Bonchev–Trinajstić information content (AvgIpc) is 2.90. The van der Waals surface area contributed by atoms with Gasteiger partial charge in [-0.2, -0.15) is 0 Å². The van der Waals surface area contributed by atoms with Gasteiger partial charge in [-0.3, -0.25) is 4.79 Å². The highest BCUT2D eigenvalue weighted by atomic mass is 16.4. The fourth-order valence-electron chi connectivity index (χ4n) is 2.42. The minimum Gasteiger partial charge on any atom is -0.466 e. The molecule has 0 amide bonds. The first-order chi connectivity index (χ1) is 9.56. The number of aryl methyl sites for hydroxylation is 2. The van der Waals surface area contributed by atoms with Crippen LogP contribution in [0, 0.1) is 20.8 Å². The quantitative estimate of drug-likeness (QED) is 0.679. The van der Waals surface area contributed by atoms with Crippen molar-refractivity contribution in [1.29, 1.82) is 0 Å². The van der Waals surface area contributed by atoms with Gasteiger partial charge >= 0.3 is 0 Å². The minimum absolute atomic E-state index is 0.0246. The van der Waals surface area contributed by atoms with Crippen LogP contribution in [0.4, 0.5) is 0 Å². The number of hydrogen-bond acceptors (Lipinski definition) is 4. The molecule has 0 spiro atoms. The summed E-state index contributed by atoms with van der Waals surface area (Å²) in [6, 6.07) is 7.48. The summed E-state index contributed by atoms with van der Waals surface area (Å²) in [5, 5.41) is 0. The molecule has 0 N–H and O–H groups in total. The number of hydrogen-bond donors (Lipinski definition) is 0. The van der Waals surface area contributed by atoms with Crippen LogP contribution in [0.5, 0.6) is 0 Å². The lowest BCUT2D eigenvalue weighted by atomic mass is 10.0. The Bertz CT molecular complexity index is 762. The van der Waals surface area contributed by atoms with Crippen LogP contribution in [-0.4, -0.2) is 10.8 Å². The highest BCUT2D eigenvalue weighted by Crippen LogP contribution is 2.23. The monoisotopic (exact) mass is 269 g/mol. The maximum atomic E-state index is 12.4. The fourth-order valence-corrected chi connectivity index (χ4v) is 2.42. The van der Waals surface area contributed by atoms with Gasteiger partial charge in [0.05, 0.1) is 12.0 Å². The molecule has 20 heavy (non-hydrogen) atoms. The number of aromatic nitrogens is 1. The van der Waals surface area contributed by atoms with E-state index in [0.29, 0.717) is 22.8 Å². The Balaban J connectivity index is 1.92. The molecule has 0 aliphatic heterocycles. The molecule has 3 aromatic rings. The van der Waals surface area contributed by atoms with Gasteiger partial charge in [-0.25, -0.2) is 4.98 Å². The maximum absolute atomic E-state index is 12.4. The van der Waals surface area contributed by atoms with Gasteiger partial charge < -0.3 is 8.83 Å². The third-order valence-corrected chi connectivity index (χ3v) is 3.49. The Hall–Kier alpha value is -2.36. The van der Waals surface area contributed by atoms with Crippen LogP contribution in [0.25, 0.3) is 11.1 Å². The van der Waals surface area contributed by atoms with Crippen LogP contribution in [0.3, 0.4) is 0 Å². The van der Waals surface area contributed by atoms with E-state index < -0.39 is 0 Å². The second-order valence-corrected chi connectivity index (χ2v) is 4.89. The Morgan fingerprint density at radius 1 is 1.10 bits per heavy atom. The number of benzene rings is 1. The zero-order chi connectivity index (χ0) is 14.3. The molecule has 0 unspecified atom stereocenters. The SMILES string of the molecule is Cc1oc(C)c(C(=O)Cc2nc3ccccc3o2)c1C. The molecular formula is C16H15NO3. The molecule has 2 aromatic heterocycles. The summed E-state index contributed by atoms with van der Waals surface area (Å²) in [7, 11) is 0. The molecular weight excluding hydrogens is 254 g/mol. The lowest BCUT2D eigenvalue weighted by molar-refractivity contribution is 0.0984. The minimum atomic E-state index is -0.0246. The van der Waals surface area contributed by atoms with Crippen molar-refractivity contribution in [3.8, 4) is 0 Å². The summed E-state index contributed by atoms with van der Waals surface area (Å²) in [5.41, 5.74) is 3.01. The summed E-state index contributed by atoms with van der Waals surface area (Å²) in [6.45, 7) is 5.56. The number of carbonyl (C=O) groups is 1. The second-order valence-electron chi connectivity index (χ2n) is 4.89. The van der Waals surface area contributed by atoms with Gasteiger partial charge in [-0.15, -0.1) is 0 Å². The van der Waals surface area contributed by atoms with E-state index in [1.807, 2.05) is 38.1 Å². The van der Waals surface area contributed by atoms with Crippen LogP contribution in [0.1, 0.15) is 33.3 Å². The third kappa shape index (κ3) is 2.03. The molecule has 0 bridgehead atoms. The largest absolute Gasteiger partial charge is 0.466 e. The summed E-state index contributed by atoms with van der Waals surface area (Å²) in [4.78, 5) is 16.7. The zero-order valence-corrected chi connectivity index (χ0v) is 11.7. The van der Waals surface area contributed by atoms with Crippen molar-refractivity contribution >= 4 is 16.9 Å². The zero-order valence-electron chi connectivity index (χ0n) is 11.7. The topological polar surface area (TPSA) is 56.2 Å². The first-order valence-electron chi connectivity index (χ1n) is 6.50.